The van der Waals surface area contributed by atoms with Gasteiger partial charge < -0.3 is 14.6 Å². The van der Waals surface area contributed by atoms with Gasteiger partial charge in [-0.05, 0) is 36.8 Å². The van der Waals surface area contributed by atoms with Gasteiger partial charge in [0, 0.05) is 17.9 Å². The fourth-order valence-electron chi connectivity index (χ4n) is 2.72. The van der Waals surface area contributed by atoms with Crippen LogP contribution in [0.5, 0.6) is 11.5 Å². The third-order valence-corrected chi connectivity index (χ3v) is 5.43. The molecule has 0 saturated carbocycles. The molecule has 1 heterocycles. The third-order valence-electron chi connectivity index (χ3n) is 4.17. The summed E-state index contributed by atoms with van der Waals surface area (Å²) in [5.41, 5.74) is 0.846. The number of carbonyl (C=O) groups is 2. The van der Waals surface area contributed by atoms with Crippen molar-refractivity contribution in [2.24, 2.45) is 0 Å². The molecule has 2 N–H and O–H groups in total. The molecule has 1 saturated heterocycles. The fraction of sp³-hybridized carbons (Fsp3) is 0.263. The van der Waals surface area contributed by atoms with Crippen LogP contribution in [0.2, 0.25) is 0 Å². The van der Waals surface area contributed by atoms with E-state index in [1.54, 1.807) is 25.1 Å². The van der Waals surface area contributed by atoms with Crippen LogP contribution in [0.3, 0.4) is 0 Å². The minimum atomic E-state index is -0.904. The largest absolute Gasteiger partial charge is 0.490 e. The summed E-state index contributed by atoms with van der Waals surface area (Å²) in [7, 11) is 0. The van der Waals surface area contributed by atoms with E-state index in [0.29, 0.717) is 18.1 Å². The Morgan fingerprint density at radius 3 is 2.55 bits per heavy atom. The number of carboxylic acid groups (broad SMARTS) is 1. The first-order valence-electron chi connectivity index (χ1n) is 8.73. The minimum Gasteiger partial charge on any atom is -0.490 e. The molecule has 0 amide bonds. The Bertz CT molecular complexity index is 933. The van der Waals surface area contributed by atoms with E-state index in [9.17, 15) is 19.7 Å². The molecule has 3 rings (SSSR count). The number of hydrogen-bond donors (Lipinski definition) is 2. The number of benzene rings is 2. The first-order valence-corrected chi connectivity index (χ1v) is 9.77. The van der Waals surface area contributed by atoms with E-state index in [1.165, 1.54) is 36.0 Å². The second kappa shape index (κ2) is 8.93. The summed E-state index contributed by atoms with van der Waals surface area (Å²) in [6.07, 6.45) is 0. The van der Waals surface area contributed by atoms with Gasteiger partial charge in [-0.3, -0.25) is 20.2 Å². The number of esters is 1. The maximum absolute atomic E-state index is 12.4. The van der Waals surface area contributed by atoms with Crippen LogP contribution < -0.4 is 14.8 Å². The normalized spacial score (nSPS) is 18.2. The Hall–Kier alpha value is -3.11. The molecule has 0 radical (unpaired) electrons. The number of thioether (sulfide) groups is 1. The highest BCUT2D eigenvalue weighted by molar-refractivity contribution is 7.99. The maximum atomic E-state index is 12.4. The summed E-state index contributed by atoms with van der Waals surface area (Å²) in [6, 6.07) is 9.49. The van der Waals surface area contributed by atoms with E-state index in [4.69, 9.17) is 14.6 Å². The van der Waals surface area contributed by atoms with E-state index in [2.05, 4.69) is 5.32 Å². The van der Waals surface area contributed by atoms with E-state index in [0.717, 1.165) is 5.56 Å². The number of carbonyl (C=O) groups excluding carboxylic acids is 1. The first-order chi connectivity index (χ1) is 13.9. The molecule has 0 aliphatic carbocycles. The molecule has 1 fully saturated rings. The molecule has 2 aromatic rings. The Morgan fingerprint density at radius 2 is 1.97 bits per heavy atom. The van der Waals surface area contributed by atoms with Crippen molar-refractivity contribution in [2.45, 2.75) is 18.3 Å². The molecule has 2 aromatic carbocycles. The summed E-state index contributed by atoms with van der Waals surface area (Å²) in [5.74, 6) is -0.578. The highest BCUT2D eigenvalue weighted by atomic mass is 32.2. The van der Waals surface area contributed by atoms with E-state index in [-0.39, 0.29) is 22.4 Å². The van der Waals surface area contributed by atoms with Gasteiger partial charge in [0.1, 0.15) is 6.04 Å². The topological polar surface area (TPSA) is 128 Å². The summed E-state index contributed by atoms with van der Waals surface area (Å²) in [6.45, 7) is 2.13. The van der Waals surface area contributed by atoms with Crippen molar-refractivity contribution in [3.63, 3.8) is 0 Å². The molecular formula is C19H18N2O7S. The Balaban J connectivity index is 1.77. The van der Waals surface area contributed by atoms with E-state index >= 15 is 0 Å². The number of nitro groups is 1. The van der Waals surface area contributed by atoms with E-state index < -0.39 is 22.9 Å². The van der Waals surface area contributed by atoms with Gasteiger partial charge in [-0.1, -0.05) is 6.07 Å². The van der Waals surface area contributed by atoms with Crippen LogP contribution in [0.4, 0.5) is 5.69 Å². The summed E-state index contributed by atoms with van der Waals surface area (Å²) >= 11 is 1.47. The lowest BCUT2D eigenvalue weighted by Crippen LogP contribution is -2.33. The molecule has 2 atom stereocenters. The molecule has 0 bridgehead atoms. The molecule has 0 aromatic heterocycles. The second-order valence-electron chi connectivity index (χ2n) is 6.10. The highest BCUT2D eigenvalue weighted by Gasteiger charge is 2.31. The van der Waals surface area contributed by atoms with Gasteiger partial charge in [-0.15, -0.1) is 11.8 Å². The Labute approximate surface area is 170 Å². The molecule has 10 heteroatoms. The molecule has 152 valence electrons. The molecule has 9 nitrogen and oxygen atoms in total. The molecular weight excluding hydrogens is 400 g/mol. The van der Waals surface area contributed by atoms with Crippen LogP contribution >= 0.6 is 11.8 Å². The summed E-state index contributed by atoms with van der Waals surface area (Å²) < 4.78 is 11.0. The van der Waals surface area contributed by atoms with Gasteiger partial charge in [-0.2, -0.15) is 0 Å². The minimum absolute atomic E-state index is 0.123. The quantitative estimate of drug-likeness (QED) is 0.302. The molecule has 1 aliphatic rings. The predicted octanol–water partition coefficient (Wildman–Crippen LogP) is 3.00. The van der Waals surface area contributed by atoms with Crippen LogP contribution in [0.1, 0.15) is 28.2 Å². The third kappa shape index (κ3) is 4.84. The van der Waals surface area contributed by atoms with Crippen LogP contribution in [-0.2, 0) is 4.79 Å². The van der Waals surface area contributed by atoms with Crippen LogP contribution in [0.25, 0.3) is 0 Å². The number of hydrogen-bond acceptors (Lipinski definition) is 8. The van der Waals surface area contributed by atoms with Gasteiger partial charge in [0.2, 0.25) is 0 Å². The number of nitro benzene ring substituents is 1. The van der Waals surface area contributed by atoms with Gasteiger partial charge in [0.05, 0.1) is 22.5 Å². The van der Waals surface area contributed by atoms with Gasteiger partial charge in [-0.25, -0.2) is 4.79 Å². The second-order valence-corrected chi connectivity index (χ2v) is 7.24. The van der Waals surface area contributed by atoms with Crippen molar-refractivity contribution in [1.82, 2.24) is 5.32 Å². The predicted molar refractivity (Wildman–Crippen MR) is 105 cm³/mol. The molecule has 0 unspecified atom stereocenters. The van der Waals surface area contributed by atoms with Crippen molar-refractivity contribution < 1.29 is 29.1 Å². The zero-order valence-electron chi connectivity index (χ0n) is 15.4. The lowest BCUT2D eigenvalue weighted by atomic mass is 10.1. The number of carboxylic acids is 1. The number of rotatable bonds is 7. The van der Waals surface area contributed by atoms with Gasteiger partial charge in [0.25, 0.3) is 5.69 Å². The lowest BCUT2D eigenvalue weighted by molar-refractivity contribution is -0.384. The smallest absolute Gasteiger partial charge is 0.343 e. The van der Waals surface area contributed by atoms with Crippen LogP contribution in [0.15, 0.2) is 42.5 Å². The summed E-state index contributed by atoms with van der Waals surface area (Å²) in [5, 5.41) is 22.7. The average molecular weight is 418 g/mol. The number of non-ortho nitro benzene ring substituents is 1. The van der Waals surface area contributed by atoms with E-state index in [1.807, 2.05) is 0 Å². The molecule has 29 heavy (non-hydrogen) atoms. The SMILES string of the molecule is CCOc1cc([C@@H]2N[C@H](C(=O)O)CS2)ccc1OC(=O)c1ccc([N+](=O)[O-])cc1. The number of ether oxygens (including phenoxy) is 2. The Morgan fingerprint density at radius 1 is 1.24 bits per heavy atom. The van der Waals surface area contributed by atoms with Gasteiger partial charge in [0.15, 0.2) is 11.5 Å². The lowest BCUT2D eigenvalue weighted by Gasteiger charge is -2.16. The van der Waals surface area contributed by atoms with Crippen molar-refractivity contribution in [3.8, 4) is 11.5 Å². The Kier molecular flexibility index (Phi) is 6.35. The van der Waals surface area contributed by atoms with Crippen molar-refractivity contribution in [3.05, 3.63) is 63.7 Å². The summed E-state index contributed by atoms with van der Waals surface area (Å²) in [4.78, 5) is 33.7. The van der Waals surface area contributed by atoms with Crippen molar-refractivity contribution in [2.75, 3.05) is 12.4 Å². The number of nitrogens with zero attached hydrogens (tertiary/aromatic N) is 1. The van der Waals surface area contributed by atoms with Gasteiger partial charge >= 0.3 is 11.9 Å². The highest BCUT2D eigenvalue weighted by Crippen LogP contribution is 2.38. The first kappa shape index (κ1) is 20.6. The number of aliphatic carboxylic acids is 1. The van der Waals surface area contributed by atoms with Crippen LogP contribution in [-0.4, -0.2) is 40.4 Å². The zero-order valence-corrected chi connectivity index (χ0v) is 16.2. The standard InChI is InChI=1S/C19H18N2O7S/c1-2-27-16-9-12(17-20-14(10-29-17)18(22)23)5-8-15(16)28-19(24)11-3-6-13(7-4-11)21(25)26/h3-9,14,17,20H,2,10H2,1H3,(H,22,23)/t14-,17+/m0/s1. The van der Waals surface area contributed by atoms with Crippen LogP contribution in [0, 0.1) is 10.1 Å². The average Bonchev–Trinajstić information content (AvgIpc) is 3.20. The molecule has 1 aliphatic heterocycles. The zero-order chi connectivity index (χ0) is 21.0. The number of nitrogens with one attached hydrogen (secondary N) is 1. The van der Waals surface area contributed by atoms with Crippen molar-refractivity contribution >= 4 is 29.4 Å². The monoisotopic (exact) mass is 418 g/mol. The fourth-order valence-corrected chi connectivity index (χ4v) is 3.95. The molecule has 0 spiro atoms. The maximum Gasteiger partial charge on any atom is 0.343 e. The van der Waals surface area contributed by atoms with Crippen molar-refractivity contribution in [1.29, 1.82) is 0 Å².